The van der Waals surface area contributed by atoms with Gasteiger partial charge in [-0.2, -0.15) is 8.78 Å². The van der Waals surface area contributed by atoms with Gasteiger partial charge in [0.25, 0.3) is 0 Å². The Bertz CT molecular complexity index is 978. The van der Waals surface area contributed by atoms with Crippen LogP contribution in [0.1, 0.15) is 18.9 Å². The van der Waals surface area contributed by atoms with Crippen LogP contribution in [0.25, 0.3) is 0 Å². The van der Waals surface area contributed by atoms with Gasteiger partial charge in [-0.15, -0.1) is 0 Å². The molecule has 0 aromatic heterocycles. The first-order valence-electron chi connectivity index (χ1n) is 9.25. The number of anilines is 1. The molecule has 0 fully saturated rings. The standard InChI is InChI=1S/C22H19ClF3NO3/c1-2-30-20(29)22(25,26)13-21(14-7-9-15(24)10-8-14)18(11-12-19(21)28)27-17-6-4-3-5-16(17)23/h3-12,18,27H,2,13H2,1H3/t18-,21-/m1/s1. The largest absolute Gasteiger partial charge is 0.462 e. The van der Waals surface area contributed by atoms with Crippen molar-refractivity contribution in [1.29, 1.82) is 0 Å². The molecular formula is C22H19ClF3NO3. The first kappa shape index (κ1) is 21.9. The minimum atomic E-state index is -3.95. The van der Waals surface area contributed by atoms with Gasteiger partial charge in [0.1, 0.15) is 5.82 Å². The van der Waals surface area contributed by atoms with Gasteiger partial charge >= 0.3 is 11.9 Å². The smallest absolute Gasteiger partial charge is 0.377 e. The fraction of sp³-hybridized carbons (Fsp3) is 0.273. The lowest BCUT2D eigenvalue weighted by molar-refractivity contribution is -0.174. The third-order valence-corrected chi connectivity index (χ3v) is 5.36. The van der Waals surface area contributed by atoms with E-state index in [1.54, 1.807) is 24.3 Å². The Kier molecular flexibility index (Phi) is 6.22. The molecule has 3 rings (SSSR count). The predicted octanol–water partition coefficient (Wildman–Crippen LogP) is 4.93. The number of ketones is 1. The number of carbonyl (C=O) groups excluding carboxylic acids is 2. The molecule has 0 heterocycles. The molecule has 2 aromatic rings. The number of nitrogens with one attached hydrogen (secondary N) is 1. The van der Waals surface area contributed by atoms with Crippen LogP contribution in [-0.2, 0) is 19.7 Å². The molecule has 0 saturated carbocycles. The Morgan fingerprint density at radius 3 is 2.50 bits per heavy atom. The van der Waals surface area contributed by atoms with Crippen molar-refractivity contribution in [1.82, 2.24) is 0 Å². The van der Waals surface area contributed by atoms with E-state index in [1.165, 1.54) is 31.2 Å². The SMILES string of the molecule is CCOC(=O)C(F)(F)C[C@]1(c2ccc(F)cc2)C(=O)C=C[C@H]1Nc1ccccc1Cl. The van der Waals surface area contributed by atoms with Crippen molar-refractivity contribution in [3.05, 3.63) is 77.1 Å². The second kappa shape index (κ2) is 8.52. The lowest BCUT2D eigenvalue weighted by Gasteiger charge is -2.37. The number of hydrogen-bond acceptors (Lipinski definition) is 4. The van der Waals surface area contributed by atoms with Crippen LogP contribution in [0, 0.1) is 5.82 Å². The number of para-hydroxylation sites is 1. The van der Waals surface area contributed by atoms with Gasteiger partial charge in [0.15, 0.2) is 5.78 Å². The van der Waals surface area contributed by atoms with Gasteiger partial charge in [0.2, 0.25) is 0 Å². The van der Waals surface area contributed by atoms with E-state index in [9.17, 15) is 22.8 Å². The van der Waals surface area contributed by atoms with E-state index in [-0.39, 0.29) is 12.2 Å². The summed E-state index contributed by atoms with van der Waals surface area (Å²) in [5.74, 6) is -6.89. The number of hydrogen-bond donors (Lipinski definition) is 1. The zero-order valence-electron chi connectivity index (χ0n) is 16.0. The Labute approximate surface area is 176 Å². The highest BCUT2D eigenvalue weighted by atomic mass is 35.5. The normalized spacial score (nSPS) is 21.0. The summed E-state index contributed by atoms with van der Waals surface area (Å²) in [5.41, 5.74) is -1.30. The number of esters is 1. The molecule has 158 valence electrons. The maximum Gasteiger partial charge on any atom is 0.377 e. The molecule has 0 radical (unpaired) electrons. The summed E-state index contributed by atoms with van der Waals surface area (Å²) in [6.07, 6.45) is 1.47. The lowest BCUT2D eigenvalue weighted by atomic mass is 9.70. The van der Waals surface area contributed by atoms with Gasteiger partial charge in [0.05, 0.1) is 28.8 Å². The number of alkyl halides is 2. The van der Waals surface area contributed by atoms with E-state index in [0.717, 1.165) is 12.1 Å². The van der Waals surface area contributed by atoms with E-state index in [1.807, 2.05) is 0 Å². The van der Waals surface area contributed by atoms with Crippen LogP contribution >= 0.6 is 11.6 Å². The molecule has 0 unspecified atom stereocenters. The highest BCUT2D eigenvalue weighted by Crippen LogP contribution is 2.45. The minimum absolute atomic E-state index is 0.146. The molecule has 4 nitrogen and oxygen atoms in total. The van der Waals surface area contributed by atoms with Crippen molar-refractivity contribution in [3.8, 4) is 0 Å². The number of ether oxygens (including phenoxy) is 1. The highest BCUT2D eigenvalue weighted by molar-refractivity contribution is 6.33. The predicted molar refractivity (Wildman–Crippen MR) is 107 cm³/mol. The lowest BCUT2D eigenvalue weighted by Crippen LogP contribution is -2.51. The Morgan fingerprint density at radius 1 is 1.20 bits per heavy atom. The summed E-state index contributed by atoms with van der Waals surface area (Å²) < 4.78 is 47.7. The third-order valence-electron chi connectivity index (χ3n) is 5.03. The summed E-state index contributed by atoms with van der Waals surface area (Å²) >= 11 is 6.18. The van der Waals surface area contributed by atoms with Gasteiger partial charge in [-0.05, 0) is 42.8 Å². The molecule has 1 N–H and O–H groups in total. The maximum absolute atomic E-state index is 14.8. The van der Waals surface area contributed by atoms with Crippen LogP contribution in [0.5, 0.6) is 0 Å². The van der Waals surface area contributed by atoms with E-state index in [2.05, 4.69) is 10.1 Å². The summed E-state index contributed by atoms with van der Waals surface area (Å²) in [6.45, 7) is 1.18. The van der Waals surface area contributed by atoms with Crippen LogP contribution in [0.2, 0.25) is 5.02 Å². The number of rotatable bonds is 7. The van der Waals surface area contributed by atoms with Gasteiger partial charge in [0, 0.05) is 6.42 Å². The number of benzene rings is 2. The molecule has 30 heavy (non-hydrogen) atoms. The minimum Gasteiger partial charge on any atom is -0.462 e. The first-order chi connectivity index (χ1) is 14.2. The molecule has 2 aromatic carbocycles. The zero-order chi connectivity index (χ0) is 21.9. The number of halogens is 4. The molecular weight excluding hydrogens is 419 g/mol. The van der Waals surface area contributed by atoms with Gasteiger partial charge in [-0.25, -0.2) is 9.18 Å². The van der Waals surface area contributed by atoms with Crippen molar-refractivity contribution in [2.45, 2.75) is 30.7 Å². The summed E-state index contributed by atoms with van der Waals surface area (Å²) in [7, 11) is 0. The summed E-state index contributed by atoms with van der Waals surface area (Å²) in [4.78, 5) is 24.9. The van der Waals surface area contributed by atoms with Crippen LogP contribution < -0.4 is 5.32 Å². The van der Waals surface area contributed by atoms with Crippen LogP contribution in [0.15, 0.2) is 60.7 Å². The molecule has 0 bridgehead atoms. The highest BCUT2D eigenvalue weighted by Gasteiger charge is 2.57. The van der Waals surface area contributed by atoms with E-state index < -0.39 is 41.4 Å². The van der Waals surface area contributed by atoms with Crippen LogP contribution in [-0.4, -0.2) is 30.3 Å². The van der Waals surface area contributed by atoms with Crippen molar-refractivity contribution in [3.63, 3.8) is 0 Å². The quantitative estimate of drug-likeness (QED) is 0.624. The van der Waals surface area contributed by atoms with Crippen molar-refractivity contribution in [2.24, 2.45) is 0 Å². The van der Waals surface area contributed by atoms with Crippen molar-refractivity contribution >= 4 is 29.0 Å². The molecule has 0 amide bonds. The fourth-order valence-electron chi connectivity index (χ4n) is 3.59. The molecule has 2 atom stereocenters. The number of allylic oxidation sites excluding steroid dienone is 1. The average Bonchev–Trinajstić information content (AvgIpc) is 3.00. The monoisotopic (exact) mass is 437 g/mol. The Balaban J connectivity index is 2.09. The van der Waals surface area contributed by atoms with Gasteiger partial charge in [-0.3, -0.25) is 4.79 Å². The van der Waals surface area contributed by atoms with Crippen LogP contribution in [0.4, 0.5) is 18.9 Å². The second-order valence-corrected chi connectivity index (χ2v) is 7.31. The van der Waals surface area contributed by atoms with E-state index in [0.29, 0.717) is 10.7 Å². The molecule has 0 aliphatic heterocycles. The van der Waals surface area contributed by atoms with Gasteiger partial charge in [-0.1, -0.05) is 41.9 Å². The van der Waals surface area contributed by atoms with Crippen molar-refractivity contribution < 1.29 is 27.5 Å². The Hall–Kier alpha value is -2.80. The topological polar surface area (TPSA) is 55.4 Å². The maximum atomic E-state index is 14.8. The zero-order valence-corrected chi connectivity index (χ0v) is 16.8. The summed E-state index contributed by atoms with van der Waals surface area (Å²) in [6, 6.07) is 10.4. The molecule has 8 heteroatoms. The van der Waals surface area contributed by atoms with Gasteiger partial charge < -0.3 is 10.1 Å². The first-order valence-corrected chi connectivity index (χ1v) is 9.63. The van der Waals surface area contributed by atoms with E-state index >= 15 is 0 Å². The molecule has 0 spiro atoms. The second-order valence-electron chi connectivity index (χ2n) is 6.91. The number of carbonyl (C=O) groups is 2. The molecule has 1 aliphatic rings. The van der Waals surface area contributed by atoms with Crippen molar-refractivity contribution in [2.75, 3.05) is 11.9 Å². The molecule has 1 aliphatic carbocycles. The summed E-state index contributed by atoms with van der Waals surface area (Å²) in [5, 5.41) is 3.35. The van der Waals surface area contributed by atoms with Crippen LogP contribution in [0.3, 0.4) is 0 Å². The van der Waals surface area contributed by atoms with E-state index in [4.69, 9.17) is 11.6 Å². The third kappa shape index (κ3) is 4.07. The average molecular weight is 438 g/mol. The molecule has 0 saturated heterocycles. The Morgan fingerprint density at radius 2 is 1.87 bits per heavy atom. The fourth-order valence-corrected chi connectivity index (χ4v) is 3.78.